The van der Waals surface area contributed by atoms with Crippen molar-refractivity contribution in [2.75, 3.05) is 6.61 Å². The van der Waals surface area contributed by atoms with E-state index in [0.717, 1.165) is 41.1 Å². The van der Waals surface area contributed by atoms with Crippen molar-refractivity contribution in [3.05, 3.63) is 61.5 Å². The van der Waals surface area contributed by atoms with Crippen LogP contribution in [0.4, 0.5) is 0 Å². The van der Waals surface area contributed by atoms with Gasteiger partial charge in [0.1, 0.15) is 15.5 Å². The number of aryl methyl sites for hydroxylation is 4. The number of rotatable bonds is 4. The van der Waals surface area contributed by atoms with Crippen molar-refractivity contribution in [1.82, 2.24) is 9.55 Å². The second-order valence-electron chi connectivity index (χ2n) is 7.14. The molecule has 0 bridgehead atoms. The fourth-order valence-electron chi connectivity index (χ4n) is 3.67. The van der Waals surface area contributed by atoms with E-state index < -0.39 is 5.97 Å². The van der Waals surface area contributed by atoms with Gasteiger partial charge in [0.05, 0.1) is 5.39 Å². The number of carbonyl (C=O) groups excluding carboxylic acids is 2. The van der Waals surface area contributed by atoms with E-state index in [0.29, 0.717) is 32.8 Å². The molecule has 0 amide bonds. The van der Waals surface area contributed by atoms with Gasteiger partial charge in [-0.05, 0) is 38.3 Å². The predicted octanol–water partition coefficient (Wildman–Crippen LogP) is 3.37. The number of aromatic nitrogens is 2. The fourth-order valence-corrected chi connectivity index (χ4v) is 4.76. The van der Waals surface area contributed by atoms with Crippen LogP contribution >= 0.6 is 11.3 Å². The van der Waals surface area contributed by atoms with Gasteiger partial charge >= 0.3 is 5.97 Å². The molecule has 1 aliphatic rings. The Morgan fingerprint density at radius 1 is 1.25 bits per heavy atom. The molecule has 144 valence electrons. The molecular formula is C21H20N2O4S. The van der Waals surface area contributed by atoms with E-state index in [1.54, 1.807) is 17.6 Å². The lowest BCUT2D eigenvalue weighted by Crippen LogP contribution is -2.20. The van der Waals surface area contributed by atoms with Gasteiger partial charge in [-0.3, -0.25) is 14.2 Å². The Bertz CT molecular complexity index is 1190. The molecule has 0 atom stereocenters. The molecule has 6 nitrogen and oxygen atoms in total. The van der Waals surface area contributed by atoms with Crippen LogP contribution in [0.5, 0.6) is 0 Å². The van der Waals surface area contributed by atoms with Crippen molar-refractivity contribution >= 4 is 33.3 Å². The number of Topliss-reactive ketones (excluding diaryl/α,β-unsaturated/α-hetero) is 1. The first-order valence-electron chi connectivity index (χ1n) is 9.17. The molecular weight excluding hydrogens is 376 g/mol. The molecule has 3 heterocycles. The number of carbonyl (C=O) groups is 2. The van der Waals surface area contributed by atoms with E-state index in [4.69, 9.17) is 4.74 Å². The number of benzene rings is 1. The van der Waals surface area contributed by atoms with Crippen molar-refractivity contribution in [2.45, 2.75) is 40.2 Å². The zero-order valence-electron chi connectivity index (χ0n) is 16.0. The number of nitrogens with zero attached hydrogens (tertiary/aromatic N) is 2. The molecule has 1 aliphatic heterocycles. The van der Waals surface area contributed by atoms with Gasteiger partial charge < -0.3 is 4.74 Å². The van der Waals surface area contributed by atoms with Crippen molar-refractivity contribution in [2.24, 2.45) is 0 Å². The molecule has 0 unspecified atom stereocenters. The van der Waals surface area contributed by atoms with E-state index in [-0.39, 0.29) is 17.9 Å². The second kappa shape index (κ2) is 6.98. The molecule has 0 radical (unpaired) electrons. The smallest absolute Gasteiger partial charge is 0.349 e. The Kier molecular flexibility index (Phi) is 4.63. The Morgan fingerprint density at radius 3 is 2.79 bits per heavy atom. The Balaban J connectivity index is 1.58. The van der Waals surface area contributed by atoms with Gasteiger partial charge in [0.15, 0.2) is 6.61 Å². The highest BCUT2D eigenvalue weighted by molar-refractivity contribution is 7.20. The van der Waals surface area contributed by atoms with Crippen LogP contribution in [0.15, 0.2) is 23.0 Å². The molecule has 1 aromatic carbocycles. The van der Waals surface area contributed by atoms with Crippen LogP contribution in [0, 0.1) is 20.8 Å². The minimum absolute atomic E-state index is 0.100. The van der Waals surface area contributed by atoms with Crippen molar-refractivity contribution in [3.63, 3.8) is 0 Å². The number of fused-ring (bicyclic) bond motifs is 2. The zero-order valence-corrected chi connectivity index (χ0v) is 16.8. The highest BCUT2D eigenvalue weighted by Gasteiger charge is 2.24. The summed E-state index contributed by atoms with van der Waals surface area (Å²) in [5.74, 6) is -0.0753. The normalized spacial score (nSPS) is 13.0. The van der Waals surface area contributed by atoms with E-state index in [1.807, 2.05) is 26.0 Å². The minimum atomic E-state index is -0.594. The average molecular weight is 396 g/mol. The third-order valence-corrected chi connectivity index (χ3v) is 6.28. The first-order chi connectivity index (χ1) is 13.4. The molecule has 0 saturated heterocycles. The quantitative estimate of drug-likeness (QED) is 0.499. The summed E-state index contributed by atoms with van der Waals surface area (Å²) in [5.41, 5.74) is 2.94. The zero-order chi connectivity index (χ0) is 20.0. The Morgan fingerprint density at radius 2 is 2.04 bits per heavy atom. The Hall–Kier alpha value is -2.80. The molecule has 0 aliphatic carbocycles. The molecule has 0 fully saturated rings. The summed E-state index contributed by atoms with van der Waals surface area (Å²) in [7, 11) is 0. The van der Waals surface area contributed by atoms with Gasteiger partial charge in [-0.1, -0.05) is 23.8 Å². The van der Waals surface area contributed by atoms with Crippen LogP contribution in [0.2, 0.25) is 0 Å². The SMILES string of the molecule is Cc1ccc(C(=O)COC(=O)c2sc3nc4n(c(=O)c3c2C)CCC4)c(C)c1. The third kappa shape index (κ3) is 3.05. The second-order valence-corrected chi connectivity index (χ2v) is 8.14. The maximum Gasteiger partial charge on any atom is 0.349 e. The maximum absolute atomic E-state index is 12.7. The lowest BCUT2D eigenvalue weighted by Gasteiger charge is -2.07. The van der Waals surface area contributed by atoms with E-state index in [9.17, 15) is 14.4 Å². The molecule has 0 N–H and O–H groups in total. The molecule has 0 spiro atoms. The van der Waals surface area contributed by atoms with Gasteiger partial charge in [-0.15, -0.1) is 11.3 Å². The molecule has 4 rings (SSSR count). The summed E-state index contributed by atoms with van der Waals surface area (Å²) >= 11 is 1.15. The number of thiophene rings is 1. The summed E-state index contributed by atoms with van der Waals surface area (Å²) in [4.78, 5) is 43.1. The summed E-state index contributed by atoms with van der Waals surface area (Å²) in [6.45, 7) is 5.87. The van der Waals surface area contributed by atoms with Crippen LogP contribution in [-0.4, -0.2) is 27.9 Å². The van der Waals surface area contributed by atoms with Crippen molar-refractivity contribution in [3.8, 4) is 0 Å². The molecule has 28 heavy (non-hydrogen) atoms. The summed E-state index contributed by atoms with van der Waals surface area (Å²) in [6, 6.07) is 5.53. The van der Waals surface area contributed by atoms with Gasteiger partial charge in [-0.25, -0.2) is 9.78 Å². The minimum Gasteiger partial charge on any atom is -0.453 e. The van der Waals surface area contributed by atoms with Gasteiger partial charge in [-0.2, -0.15) is 0 Å². The highest BCUT2D eigenvalue weighted by Crippen LogP contribution is 2.29. The fraction of sp³-hybridized carbons (Fsp3) is 0.333. The number of hydrogen-bond acceptors (Lipinski definition) is 6. The topological polar surface area (TPSA) is 78.3 Å². The summed E-state index contributed by atoms with van der Waals surface area (Å²) < 4.78 is 6.95. The monoisotopic (exact) mass is 396 g/mol. The van der Waals surface area contributed by atoms with E-state index in [1.165, 1.54) is 0 Å². The van der Waals surface area contributed by atoms with Crippen LogP contribution in [0.3, 0.4) is 0 Å². The molecule has 0 saturated carbocycles. The number of hydrogen-bond donors (Lipinski definition) is 0. The van der Waals surface area contributed by atoms with E-state index >= 15 is 0 Å². The van der Waals surface area contributed by atoms with Crippen molar-refractivity contribution < 1.29 is 14.3 Å². The molecule has 7 heteroatoms. The molecule has 2 aromatic heterocycles. The van der Waals surface area contributed by atoms with Gasteiger partial charge in [0, 0.05) is 18.5 Å². The lowest BCUT2D eigenvalue weighted by atomic mass is 10.0. The summed E-state index contributed by atoms with van der Waals surface area (Å²) in [5, 5.41) is 0.475. The first kappa shape index (κ1) is 18.6. The maximum atomic E-state index is 12.7. The van der Waals surface area contributed by atoms with Crippen LogP contribution in [0.1, 0.15) is 49.0 Å². The number of ketones is 1. The number of ether oxygens (including phenoxy) is 1. The van der Waals surface area contributed by atoms with E-state index in [2.05, 4.69) is 4.98 Å². The largest absolute Gasteiger partial charge is 0.453 e. The first-order valence-corrected chi connectivity index (χ1v) is 9.99. The summed E-state index contributed by atoms with van der Waals surface area (Å²) in [6.07, 6.45) is 1.68. The molecule has 3 aromatic rings. The lowest BCUT2D eigenvalue weighted by molar-refractivity contribution is 0.0479. The standard InChI is InChI=1S/C21H20N2O4S/c1-11-6-7-14(12(2)9-11)15(24)10-27-21(26)18-13(3)17-19(28-18)22-16-5-4-8-23(16)20(17)25/h6-7,9H,4-5,8,10H2,1-3H3. The number of esters is 1. The van der Waals surface area contributed by atoms with Crippen LogP contribution in [-0.2, 0) is 17.7 Å². The average Bonchev–Trinajstić information content (AvgIpc) is 3.24. The van der Waals surface area contributed by atoms with Gasteiger partial charge in [0.2, 0.25) is 5.78 Å². The van der Waals surface area contributed by atoms with Gasteiger partial charge in [0.25, 0.3) is 5.56 Å². The van der Waals surface area contributed by atoms with Crippen molar-refractivity contribution in [1.29, 1.82) is 0 Å². The van der Waals surface area contributed by atoms with Crippen LogP contribution in [0.25, 0.3) is 10.2 Å². The van der Waals surface area contributed by atoms with Crippen LogP contribution < -0.4 is 5.56 Å². The Labute approximate surface area is 165 Å². The highest BCUT2D eigenvalue weighted by atomic mass is 32.1. The predicted molar refractivity (Wildman–Crippen MR) is 107 cm³/mol. The third-order valence-electron chi connectivity index (χ3n) is 5.11.